The van der Waals surface area contributed by atoms with Crippen LogP contribution in [0.1, 0.15) is 259 Å². The molecule has 0 fully saturated rings. The molecule has 9 heteroatoms. The minimum atomic E-state index is -0.911. The number of rotatable bonds is 36. The quantitative estimate of drug-likeness (QED) is 0.0446. The minimum Gasteiger partial charge on any atom is -0.550 e. The summed E-state index contributed by atoms with van der Waals surface area (Å²) >= 11 is 0. The monoisotopic (exact) mass is 949 g/mol. The fourth-order valence-corrected chi connectivity index (χ4v) is 5.61. The third-order valence-corrected chi connectivity index (χ3v) is 8.94. The van der Waals surface area contributed by atoms with Crippen molar-refractivity contribution in [2.45, 2.75) is 259 Å². The third-order valence-electron chi connectivity index (χ3n) is 8.94. The summed E-state index contributed by atoms with van der Waals surface area (Å²) in [6.07, 6.45) is 39.0. The molecule has 0 amide bonds. The Morgan fingerprint density at radius 1 is 0.245 bits per heavy atom. The predicted octanol–water partition coefficient (Wildman–Crippen LogP) is 8.69. The first-order valence-electron chi connectivity index (χ1n) is 21.9. The van der Waals surface area contributed by atoms with Crippen molar-refractivity contribution in [2.24, 2.45) is 0 Å². The summed E-state index contributed by atoms with van der Waals surface area (Å²) in [6.45, 7) is 8.83. The molecule has 312 valence electrons. The smallest absolute Gasteiger partial charge is 0.550 e. The Morgan fingerprint density at radius 3 is 0.472 bits per heavy atom. The van der Waals surface area contributed by atoms with E-state index in [2.05, 4.69) is 27.7 Å². The van der Waals surface area contributed by atoms with Gasteiger partial charge in [0.1, 0.15) is 0 Å². The van der Waals surface area contributed by atoms with Crippen molar-refractivity contribution in [1.82, 2.24) is 0 Å². The zero-order valence-corrected chi connectivity index (χ0v) is 39.1. The van der Waals surface area contributed by atoms with Crippen molar-refractivity contribution >= 4 is 51.2 Å². The average Bonchev–Trinajstić information content (AvgIpc) is 3.10. The molecule has 0 aromatic rings. The molecule has 0 radical (unpaired) electrons. The maximum atomic E-state index is 10.1. The number of hydrogen-bond acceptors (Lipinski definition) is 8. The number of hydrogen-bond donors (Lipinski definition) is 0. The van der Waals surface area contributed by atoms with E-state index in [0.717, 1.165) is 51.4 Å². The Kier molecular flexibility index (Phi) is 66.2. The number of carbonyl (C=O) groups is 4. The van der Waals surface area contributed by atoms with Gasteiger partial charge in [-0.3, -0.25) is 0 Å². The van der Waals surface area contributed by atoms with Crippen LogP contribution < -0.4 is 20.4 Å². The first kappa shape index (κ1) is 61.0. The topological polar surface area (TPSA) is 161 Å². The second-order valence-electron chi connectivity index (χ2n) is 14.4. The normalized spacial score (nSPS) is 10.0. The van der Waals surface area contributed by atoms with Gasteiger partial charge in [0.15, 0.2) is 0 Å². The van der Waals surface area contributed by atoms with Crippen LogP contribution in [0.15, 0.2) is 0 Å². The summed E-state index contributed by atoms with van der Waals surface area (Å²) in [7, 11) is 0. The van der Waals surface area contributed by atoms with Gasteiger partial charge in [-0.1, -0.05) is 207 Å². The van der Waals surface area contributed by atoms with Gasteiger partial charge in [0, 0.05) is 23.9 Å². The molecule has 0 saturated heterocycles. The van der Waals surface area contributed by atoms with Crippen LogP contribution in [0.2, 0.25) is 0 Å². The number of aliphatic carboxylic acids is 4. The predicted molar refractivity (Wildman–Crippen MR) is 215 cm³/mol. The van der Waals surface area contributed by atoms with E-state index in [1.165, 1.54) is 154 Å². The molecule has 0 saturated carbocycles. The summed E-state index contributed by atoms with van der Waals surface area (Å²) in [4.78, 5) is 40.2. The van der Waals surface area contributed by atoms with Crippen LogP contribution in [0, 0.1) is 0 Å². The summed E-state index contributed by atoms with van der Waals surface area (Å²) in [5.74, 6) is -3.64. The molecule has 0 aliphatic rings. The molecule has 0 N–H and O–H groups in total. The zero-order valence-electron chi connectivity index (χ0n) is 35.2. The van der Waals surface area contributed by atoms with Gasteiger partial charge in [0.2, 0.25) is 0 Å². The van der Waals surface area contributed by atoms with Crippen LogP contribution in [0.5, 0.6) is 0 Å². The maximum Gasteiger partial charge on any atom is 4.00 e. The van der Waals surface area contributed by atoms with Gasteiger partial charge < -0.3 is 39.6 Å². The molecule has 0 aliphatic carbocycles. The Hall–Kier alpha value is -1.20. The van der Waals surface area contributed by atoms with Crippen molar-refractivity contribution in [3.63, 3.8) is 0 Å². The van der Waals surface area contributed by atoms with Crippen molar-refractivity contribution in [3.8, 4) is 0 Å². The first-order valence-corrected chi connectivity index (χ1v) is 21.9. The Labute approximate surface area is 348 Å². The molecule has 0 aliphatic heterocycles. The van der Waals surface area contributed by atoms with Gasteiger partial charge in [-0.2, -0.15) is 0 Å². The van der Waals surface area contributed by atoms with Crippen LogP contribution in [-0.2, 0) is 19.2 Å². The molecule has 0 atom stereocenters. The molecule has 0 spiro atoms. The van der Waals surface area contributed by atoms with E-state index < -0.39 is 23.9 Å². The van der Waals surface area contributed by atoms with Gasteiger partial charge in [0.25, 0.3) is 0 Å². The van der Waals surface area contributed by atoms with Gasteiger partial charge in [-0.25, -0.2) is 0 Å². The van der Waals surface area contributed by atoms with Crippen LogP contribution in [0.25, 0.3) is 0 Å². The van der Waals surface area contributed by atoms with E-state index in [9.17, 15) is 39.6 Å². The largest absolute Gasteiger partial charge is 4.00 e. The van der Waals surface area contributed by atoms with E-state index in [1.807, 2.05) is 0 Å². The molecular formula is C44H84O8Pb. The minimum absolute atomic E-state index is 0. The van der Waals surface area contributed by atoms with E-state index in [1.54, 1.807) is 0 Å². The van der Waals surface area contributed by atoms with Crippen LogP contribution in [0.3, 0.4) is 0 Å². The Bertz CT molecular complexity index is 612. The van der Waals surface area contributed by atoms with Gasteiger partial charge in [0.05, 0.1) is 0 Å². The van der Waals surface area contributed by atoms with Gasteiger partial charge >= 0.3 is 27.3 Å². The number of carboxylic acids is 4. The SMILES string of the molecule is CCCCCCCCCCC(=O)[O-].CCCCCCCCCCC(=O)[O-].CCCCCCCCCCC(=O)[O-].CCCCCCCCCCC(=O)[O-].[Pb+4]. The van der Waals surface area contributed by atoms with Gasteiger partial charge in [-0.15, -0.1) is 0 Å². The van der Waals surface area contributed by atoms with Crippen LogP contribution in [-0.4, -0.2) is 51.2 Å². The second kappa shape index (κ2) is 57.5. The molecule has 0 rings (SSSR count). The number of unbranched alkanes of at least 4 members (excludes halogenated alkanes) is 28. The van der Waals surface area contributed by atoms with Crippen molar-refractivity contribution in [3.05, 3.63) is 0 Å². The van der Waals surface area contributed by atoms with Crippen molar-refractivity contribution in [1.29, 1.82) is 0 Å². The number of carboxylic acid groups (broad SMARTS) is 4. The van der Waals surface area contributed by atoms with Crippen LogP contribution >= 0.6 is 0 Å². The molecule has 8 nitrogen and oxygen atoms in total. The van der Waals surface area contributed by atoms with E-state index >= 15 is 0 Å². The van der Waals surface area contributed by atoms with E-state index in [4.69, 9.17) is 0 Å². The second-order valence-corrected chi connectivity index (χ2v) is 14.4. The molecule has 0 heterocycles. The summed E-state index contributed by atoms with van der Waals surface area (Å²) in [5.41, 5.74) is 0. The molecule has 0 bridgehead atoms. The first-order chi connectivity index (χ1) is 25.1. The molecule has 0 aromatic carbocycles. The molecule has 53 heavy (non-hydrogen) atoms. The van der Waals surface area contributed by atoms with Gasteiger partial charge in [-0.05, 0) is 51.4 Å². The number of carbonyl (C=O) groups excluding carboxylic acids is 4. The van der Waals surface area contributed by atoms with Crippen LogP contribution in [0.4, 0.5) is 0 Å². The zero-order chi connectivity index (χ0) is 39.8. The summed E-state index contributed by atoms with van der Waals surface area (Å²) in [5, 5.41) is 40.2. The fraction of sp³-hybridized carbons (Fsp3) is 0.909. The maximum absolute atomic E-state index is 10.1. The van der Waals surface area contributed by atoms with Crippen molar-refractivity contribution in [2.75, 3.05) is 0 Å². The fourth-order valence-electron chi connectivity index (χ4n) is 5.61. The standard InChI is InChI=1S/4C11H22O2.Pb/c4*1-2-3-4-5-6-7-8-9-10-11(12)13;/h4*2-10H2,1H3,(H,12,13);/q;;;;+4/p-4. The molecule has 0 unspecified atom stereocenters. The average molecular weight is 948 g/mol. The Morgan fingerprint density at radius 2 is 0.358 bits per heavy atom. The Balaban J connectivity index is -0.000000192. The molecular weight excluding hydrogens is 864 g/mol. The third kappa shape index (κ3) is 80.4. The van der Waals surface area contributed by atoms with E-state index in [0.29, 0.717) is 0 Å². The van der Waals surface area contributed by atoms with E-state index in [-0.39, 0.29) is 53.0 Å². The van der Waals surface area contributed by atoms with Crippen molar-refractivity contribution < 1.29 is 39.6 Å². The summed E-state index contributed by atoms with van der Waals surface area (Å²) in [6, 6.07) is 0. The molecule has 0 aromatic heterocycles. The summed E-state index contributed by atoms with van der Waals surface area (Å²) < 4.78 is 0.